The lowest BCUT2D eigenvalue weighted by molar-refractivity contribution is -0.141. The summed E-state index contributed by atoms with van der Waals surface area (Å²) in [5.74, 6) is 5.88. The number of ketones is 2. The third kappa shape index (κ3) is 33.3. The molecule has 0 aliphatic carbocycles. The topological polar surface area (TPSA) is 105 Å². The first kappa shape index (κ1) is 57.1. The molecule has 0 unspecified atom stereocenters. The van der Waals surface area contributed by atoms with E-state index in [-0.39, 0.29) is 23.5 Å². The van der Waals surface area contributed by atoms with Crippen LogP contribution in [0.25, 0.3) is 0 Å². The molecular formula is C50H67FO8S4. The zero-order chi connectivity index (χ0) is 46.3. The Balaban J connectivity index is 0.000000422. The Morgan fingerprint density at radius 2 is 0.746 bits per heavy atom. The van der Waals surface area contributed by atoms with E-state index in [2.05, 4.69) is 45.9 Å². The molecule has 0 atom stereocenters. The summed E-state index contributed by atoms with van der Waals surface area (Å²) in [6, 6.07) is 32.8. The van der Waals surface area contributed by atoms with Gasteiger partial charge in [0, 0.05) is 45.3 Å². The van der Waals surface area contributed by atoms with Crippen LogP contribution in [-0.4, -0.2) is 75.0 Å². The maximum absolute atomic E-state index is 12.5. The Morgan fingerprint density at radius 1 is 0.413 bits per heavy atom. The molecule has 63 heavy (non-hydrogen) atoms. The molecule has 0 aromatic heterocycles. The summed E-state index contributed by atoms with van der Waals surface area (Å²) in [6.45, 7) is 3.27. The first-order valence-electron chi connectivity index (χ1n) is 21.2. The zero-order valence-electron chi connectivity index (χ0n) is 37.9. The van der Waals surface area contributed by atoms with Crippen LogP contribution in [0.4, 0.5) is 4.39 Å². The molecule has 0 spiro atoms. The molecular weight excluding hydrogens is 876 g/mol. The molecule has 4 rings (SSSR count). The molecule has 346 valence electrons. The van der Waals surface area contributed by atoms with Crippen LogP contribution in [0, 0.1) is 5.82 Å². The molecule has 0 aliphatic rings. The minimum atomic E-state index is -0.210. The van der Waals surface area contributed by atoms with E-state index < -0.39 is 0 Å². The van der Waals surface area contributed by atoms with Crippen molar-refractivity contribution < 1.29 is 42.5 Å². The number of hydrogen-bond donors (Lipinski definition) is 0. The van der Waals surface area contributed by atoms with Crippen LogP contribution in [-0.2, 0) is 28.7 Å². The molecule has 0 heterocycles. The van der Waals surface area contributed by atoms with Gasteiger partial charge >= 0.3 is 11.9 Å². The molecule has 4 aromatic rings. The van der Waals surface area contributed by atoms with Crippen LogP contribution in [0.3, 0.4) is 0 Å². The number of benzene rings is 4. The molecule has 0 N–H and O–H groups in total. The molecule has 8 nitrogen and oxygen atoms in total. The number of thioether (sulfide) groups is 4. The Morgan fingerprint density at radius 3 is 1.14 bits per heavy atom. The molecule has 0 radical (unpaired) electrons. The van der Waals surface area contributed by atoms with Crippen molar-refractivity contribution in [2.45, 2.75) is 110 Å². The third-order valence-corrected chi connectivity index (χ3v) is 13.0. The van der Waals surface area contributed by atoms with Crippen molar-refractivity contribution in [2.75, 3.05) is 51.5 Å². The normalized spacial score (nSPS) is 10.1. The van der Waals surface area contributed by atoms with Crippen molar-refractivity contribution in [1.82, 2.24) is 0 Å². The number of carbonyl (C=O) groups excluding carboxylic acids is 4. The van der Waals surface area contributed by atoms with Gasteiger partial charge in [-0.2, -0.15) is 0 Å². The summed E-state index contributed by atoms with van der Waals surface area (Å²) < 4.78 is 31.9. The smallest absolute Gasteiger partial charge is 0.305 e. The van der Waals surface area contributed by atoms with Gasteiger partial charge in [-0.15, -0.1) is 47.0 Å². The van der Waals surface area contributed by atoms with Crippen LogP contribution >= 0.6 is 47.0 Å². The number of rotatable bonds is 26. The Kier molecular flexibility index (Phi) is 34.9. The van der Waals surface area contributed by atoms with Crippen LogP contribution in [0.5, 0.6) is 11.5 Å². The maximum Gasteiger partial charge on any atom is 0.305 e. The van der Waals surface area contributed by atoms with Crippen LogP contribution in [0.1, 0.15) is 90.9 Å². The second-order valence-electron chi connectivity index (χ2n) is 13.9. The average molecular weight is 943 g/mol. The summed E-state index contributed by atoms with van der Waals surface area (Å²) in [5.41, 5.74) is 0. The monoisotopic (exact) mass is 942 g/mol. The van der Waals surface area contributed by atoms with Crippen molar-refractivity contribution in [2.24, 2.45) is 0 Å². The first-order valence-corrected chi connectivity index (χ1v) is 25.2. The fourth-order valence-electron chi connectivity index (χ4n) is 5.09. The van der Waals surface area contributed by atoms with Gasteiger partial charge in [0.1, 0.15) is 28.9 Å². The number of unbranched alkanes of at least 4 members (excludes halogenated alkanes) is 4. The molecule has 0 saturated carbocycles. The third-order valence-electron chi connectivity index (χ3n) is 8.60. The van der Waals surface area contributed by atoms with E-state index in [4.69, 9.17) is 9.47 Å². The Bertz CT molecular complexity index is 1780. The minimum Gasteiger partial charge on any atom is -0.497 e. The number of hydrogen-bond acceptors (Lipinski definition) is 12. The second kappa shape index (κ2) is 38.5. The highest BCUT2D eigenvalue weighted by atomic mass is 32.2. The maximum atomic E-state index is 12.5. The lowest BCUT2D eigenvalue weighted by Gasteiger charge is -2.03. The van der Waals surface area contributed by atoms with Crippen molar-refractivity contribution >= 4 is 70.6 Å². The quantitative estimate of drug-likeness (QED) is 0.0340. The largest absolute Gasteiger partial charge is 0.497 e. The average Bonchev–Trinajstić information content (AvgIpc) is 3.30. The van der Waals surface area contributed by atoms with E-state index in [1.54, 1.807) is 63.7 Å². The van der Waals surface area contributed by atoms with Crippen molar-refractivity contribution in [3.8, 4) is 11.5 Å². The number of carbonyl (C=O) groups is 4. The molecule has 0 bridgehead atoms. The van der Waals surface area contributed by atoms with E-state index >= 15 is 0 Å². The lowest BCUT2D eigenvalue weighted by Crippen LogP contribution is -1.99. The summed E-state index contributed by atoms with van der Waals surface area (Å²) >= 11 is 7.11. The highest BCUT2D eigenvalue weighted by Gasteiger charge is 2.02. The van der Waals surface area contributed by atoms with E-state index in [1.807, 2.05) is 66.0 Å². The predicted molar refractivity (Wildman–Crippen MR) is 263 cm³/mol. The second-order valence-corrected chi connectivity index (χ2v) is 18.6. The van der Waals surface area contributed by atoms with Crippen molar-refractivity contribution in [3.05, 3.63) is 109 Å². The van der Waals surface area contributed by atoms with E-state index in [0.29, 0.717) is 25.0 Å². The van der Waals surface area contributed by atoms with Gasteiger partial charge in [0.05, 0.1) is 28.4 Å². The number of ether oxygens (including phenoxy) is 4. The van der Waals surface area contributed by atoms with Gasteiger partial charge in [0.2, 0.25) is 0 Å². The van der Waals surface area contributed by atoms with Gasteiger partial charge in [-0.05, 0) is 160 Å². The molecule has 4 aromatic carbocycles. The highest BCUT2D eigenvalue weighted by Crippen LogP contribution is 2.24. The fourth-order valence-corrected chi connectivity index (χ4v) is 8.65. The van der Waals surface area contributed by atoms with Gasteiger partial charge in [-0.1, -0.05) is 31.0 Å². The summed E-state index contributed by atoms with van der Waals surface area (Å²) in [5, 5.41) is 0. The van der Waals surface area contributed by atoms with Gasteiger partial charge in [-0.25, -0.2) is 4.39 Å². The lowest BCUT2D eigenvalue weighted by atomic mass is 10.2. The van der Waals surface area contributed by atoms with Gasteiger partial charge in [0.25, 0.3) is 0 Å². The zero-order valence-corrected chi connectivity index (χ0v) is 41.2. The SMILES string of the molecule is CC(=O)CCCCCSc1ccccc1.CC(=O)CCCSc1ccc(F)cc1.COC(=O)CCCCCSc1ccc(OC)cc1.COC(=O)CCCSc1ccc(OC)cc1. The number of methoxy groups -OCH3 is 4. The predicted octanol–water partition coefficient (Wildman–Crippen LogP) is 13.5. The minimum absolute atomic E-state index is 0.113. The molecule has 0 fully saturated rings. The Hall–Kier alpha value is -3.91. The number of Topliss-reactive ketones (excluding diaryl/α,β-unsaturated/α-hetero) is 2. The van der Waals surface area contributed by atoms with E-state index in [0.717, 1.165) is 84.4 Å². The Labute approximate surface area is 393 Å². The standard InChI is InChI=1S/C14H20O3S.C13H18OS.C12H16O3S.C11H13FOS/c1-16-12-7-9-13(10-8-12)18-11-5-3-4-6-14(15)17-2;1-12(14)8-4-3-7-11-15-13-9-5-2-6-10-13;1-14-10-5-7-11(8-6-10)16-9-3-4-12(13)15-2;1-9(13)3-2-8-14-11-6-4-10(12)5-7-11/h7-10H,3-6,11H2,1-2H3;2,5-6,9-10H,3-4,7-8,11H2,1H3;5-8H,3-4,9H2,1-2H3;4-7H,2-3,8H2,1H3. The van der Waals surface area contributed by atoms with Crippen LogP contribution in [0.15, 0.2) is 123 Å². The van der Waals surface area contributed by atoms with Gasteiger partial charge in [-0.3, -0.25) is 9.59 Å². The van der Waals surface area contributed by atoms with Crippen molar-refractivity contribution in [1.29, 1.82) is 0 Å². The van der Waals surface area contributed by atoms with Gasteiger partial charge < -0.3 is 28.5 Å². The van der Waals surface area contributed by atoms with Crippen LogP contribution < -0.4 is 9.47 Å². The van der Waals surface area contributed by atoms with E-state index in [9.17, 15) is 23.6 Å². The summed E-state index contributed by atoms with van der Waals surface area (Å²) in [7, 11) is 6.17. The summed E-state index contributed by atoms with van der Waals surface area (Å²) in [4.78, 5) is 47.9. The number of esters is 2. The summed E-state index contributed by atoms with van der Waals surface area (Å²) in [6.07, 6.45) is 10.6. The highest BCUT2D eigenvalue weighted by molar-refractivity contribution is 8.00. The first-order chi connectivity index (χ1) is 30.5. The number of halogens is 1. The molecule has 0 aliphatic heterocycles. The van der Waals surface area contributed by atoms with Crippen molar-refractivity contribution in [3.63, 3.8) is 0 Å². The van der Waals surface area contributed by atoms with E-state index in [1.165, 1.54) is 53.9 Å². The fraction of sp³-hybridized carbons (Fsp3) is 0.440. The molecule has 0 amide bonds. The van der Waals surface area contributed by atoms with Gasteiger partial charge in [0.15, 0.2) is 0 Å². The van der Waals surface area contributed by atoms with Crippen LogP contribution in [0.2, 0.25) is 0 Å². The molecule has 13 heteroatoms. The molecule has 0 saturated heterocycles.